The molecule has 1 atom stereocenters. The fourth-order valence-electron chi connectivity index (χ4n) is 3.48. The first-order chi connectivity index (χ1) is 15.4. The van der Waals surface area contributed by atoms with Crippen molar-refractivity contribution in [3.63, 3.8) is 0 Å². The number of esters is 2. The van der Waals surface area contributed by atoms with E-state index in [9.17, 15) is 14.4 Å². The number of methoxy groups -OCH3 is 1. The van der Waals surface area contributed by atoms with Gasteiger partial charge in [-0.15, -0.1) is 11.3 Å². The highest BCUT2D eigenvalue weighted by Crippen LogP contribution is 2.40. The summed E-state index contributed by atoms with van der Waals surface area (Å²) < 4.78 is 15.3. The first kappa shape index (κ1) is 23.5. The maximum atomic E-state index is 12.5. The van der Waals surface area contributed by atoms with Crippen LogP contribution >= 0.6 is 11.3 Å². The minimum absolute atomic E-state index is 0.255. The highest BCUT2D eigenvalue weighted by atomic mass is 32.1. The monoisotopic (exact) mass is 457 g/mol. The summed E-state index contributed by atoms with van der Waals surface area (Å²) in [4.78, 5) is 38.0. The van der Waals surface area contributed by atoms with Gasteiger partial charge in [-0.1, -0.05) is 19.1 Å². The zero-order valence-electron chi connectivity index (χ0n) is 18.4. The minimum Gasteiger partial charge on any atom is -0.497 e. The van der Waals surface area contributed by atoms with Crippen LogP contribution in [0.4, 0.5) is 5.00 Å². The summed E-state index contributed by atoms with van der Waals surface area (Å²) in [5, 5.41) is 3.18. The van der Waals surface area contributed by atoms with E-state index in [1.807, 2.05) is 0 Å². The normalized spacial score (nSPS) is 15.2. The third-order valence-corrected chi connectivity index (χ3v) is 6.29. The molecule has 0 spiro atoms. The molecule has 1 amide bonds. The molecule has 1 aromatic heterocycles. The lowest BCUT2D eigenvalue weighted by molar-refractivity contribution is -0.142. The number of fused-ring (bicyclic) bond motifs is 1. The van der Waals surface area contributed by atoms with Gasteiger partial charge < -0.3 is 19.5 Å². The van der Waals surface area contributed by atoms with Crippen molar-refractivity contribution in [1.29, 1.82) is 0 Å². The molecule has 7 nitrogen and oxygen atoms in total. The van der Waals surface area contributed by atoms with E-state index in [-0.39, 0.29) is 6.61 Å². The van der Waals surface area contributed by atoms with Crippen molar-refractivity contribution >= 4 is 40.3 Å². The molecular formula is C24H27NO6S. The van der Waals surface area contributed by atoms with E-state index in [0.717, 1.165) is 35.3 Å². The Kier molecular flexibility index (Phi) is 8.05. The summed E-state index contributed by atoms with van der Waals surface area (Å²) >= 11 is 1.40. The zero-order chi connectivity index (χ0) is 23.1. The van der Waals surface area contributed by atoms with Gasteiger partial charge in [-0.25, -0.2) is 9.59 Å². The predicted molar refractivity (Wildman–Crippen MR) is 123 cm³/mol. The van der Waals surface area contributed by atoms with E-state index in [1.165, 1.54) is 17.4 Å². The summed E-state index contributed by atoms with van der Waals surface area (Å²) in [6.07, 6.45) is 5.48. The van der Waals surface area contributed by atoms with Gasteiger partial charge in [0.05, 0.1) is 19.3 Å². The molecule has 0 saturated heterocycles. The van der Waals surface area contributed by atoms with Gasteiger partial charge in [-0.05, 0) is 61.4 Å². The number of carbonyl (C=O) groups is 3. The molecule has 8 heteroatoms. The lowest BCUT2D eigenvalue weighted by Gasteiger charge is -2.18. The number of anilines is 1. The molecule has 0 unspecified atom stereocenters. The van der Waals surface area contributed by atoms with Crippen molar-refractivity contribution in [3.8, 4) is 5.75 Å². The van der Waals surface area contributed by atoms with Crippen molar-refractivity contribution in [2.75, 3.05) is 25.6 Å². The molecule has 170 valence electrons. The highest BCUT2D eigenvalue weighted by molar-refractivity contribution is 7.17. The van der Waals surface area contributed by atoms with E-state index in [1.54, 1.807) is 44.4 Å². The van der Waals surface area contributed by atoms with Gasteiger partial charge in [0.25, 0.3) is 5.91 Å². The number of hydrogen-bond donors (Lipinski definition) is 1. The summed E-state index contributed by atoms with van der Waals surface area (Å²) in [6, 6.07) is 7.15. The van der Waals surface area contributed by atoms with Crippen molar-refractivity contribution in [1.82, 2.24) is 0 Å². The Hall–Kier alpha value is -3.13. The highest BCUT2D eigenvalue weighted by Gasteiger charge is 2.29. The van der Waals surface area contributed by atoms with E-state index < -0.39 is 24.5 Å². The van der Waals surface area contributed by atoms with Crippen LogP contribution in [0.25, 0.3) is 6.08 Å². The van der Waals surface area contributed by atoms with Gasteiger partial charge in [0.15, 0.2) is 6.61 Å². The third-order valence-electron chi connectivity index (χ3n) is 5.12. The summed E-state index contributed by atoms with van der Waals surface area (Å²) in [5.41, 5.74) is 2.18. The molecule has 0 bridgehead atoms. The molecule has 0 radical (unpaired) electrons. The Morgan fingerprint density at radius 3 is 2.62 bits per heavy atom. The van der Waals surface area contributed by atoms with Gasteiger partial charge >= 0.3 is 11.9 Å². The number of carbonyl (C=O) groups excluding carboxylic acids is 3. The Labute approximate surface area is 191 Å². The topological polar surface area (TPSA) is 90.9 Å². The number of amides is 1. The number of nitrogens with one attached hydrogen (secondary N) is 1. The fraction of sp³-hybridized carbons (Fsp3) is 0.375. The molecule has 1 N–H and O–H groups in total. The first-order valence-corrected chi connectivity index (χ1v) is 11.3. The van der Waals surface area contributed by atoms with Crippen LogP contribution in [0.5, 0.6) is 5.75 Å². The van der Waals surface area contributed by atoms with Crippen LogP contribution in [0.3, 0.4) is 0 Å². The molecule has 0 saturated carbocycles. The lowest BCUT2D eigenvalue weighted by Crippen LogP contribution is -2.21. The van der Waals surface area contributed by atoms with Gasteiger partial charge in [-0.3, -0.25) is 4.79 Å². The Morgan fingerprint density at radius 2 is 1.94 bits per heavy atom. The molecule has 1 aromatic carbocycles. The average Bonchev–Trinajstić information content (AvgIpc) is 3.13. The van der Waals surface area contributed by atoms with Crippen LogP contribution < -0.4 is 10.1 Å². The lowest BCUT2D eigenvalue weighted by atomic mass is 9.88. The third kappa shape index (κ3) is 5.97. The number of ether oxygens (including phenoxy) is 3. The van der Waals surface area contributed by atoms with Crippen molar-refractivity contribution in [2.45, 2.75) is 33.1 Å². The molecule has 1 aliphatic rings. The summed E-state index contributed by atoms with van der Waals surface area (Å²) in [6.45, 7) is 3.72. The molecule has 1 aliphatic carbocycles. The maximum absolute atomic E-state index is 12.5. The Morgan fingerprint density at radius 1 is 1.19 bits per heavy atom. The van der Waals surface area contributed by atoms with Crippen molar-refractivity contribution in [3.05, 3.63) is 51.9 Å². The van der Waals surface area contributed by atoms with Crippen LogP contribution in [-0.4, -0.2) is 38.2 Å². The van der Waals surface area contributed by atoms with Crippen LogP contribution in [0.1, 0.15) is 46.6 Å². The number of hydrogen-bond acceptors (Lipinski definition) is 7. The van der Waals surface area contributed by atoms with E-state index in [2.05, 4.69) is 12.2 Å². The second-order valence-electron chi connectivity index (χ2n) is 7.54. The molecule has 3 rings (SSSR count). The van der Waals surface area contributed by atoms with Crippen LogP contribution in [0.2, 0.25) is 0 Å². The quantitative estimate of drug-likeness (QED) is 0.471. The Balaban J connectivity index is 1.61. The number of rotatable bonds is 8. The van der Waals surface area contributed by atoms with E-state index in [4.69, 9.17) is 14.2 Å². The van der Waals surface area contributed by atoms with Gasteiger partial charge in [0.1, 0.15) is 10.8 Å². The number of thiophene rings is 1. The first-order valence-electron chi connectivity index (χ1n) is 10.5. The molecule has 2 aromatic rings. The van der Waals surface area contributed by atoms with Crippen LogP contribution in [0, 0.1) is 5.92 Å². The second kappa shape index (κ2) is 10.9. The molecule has 1 heterocycles. The van der Waals surface area contributed by atoms with E-state index in [0.29, 0.717) is 22.2 Å². The minimum atomic E-state index is -0.638. The Bertz CT molecular complexity index is 1010. The van der Waals surface area contributed by atoms with Gasteiger partial charge in [-0.2, -0.15) is 0 Å². The molecule has 0 fully saturated rings. The average molecular weight is 458 g/mol. The smallest absolute Gasteiger partial charge is 0.341 e. The molecular weight excluding hydrogens is 430 g/mol. The fourth-order valence-corrected chi connectivity index (χ4v) is 4.90. The van der Waals surface area contributed by atoms with Gasteiger partial charge in [0.2, 0.25) is 0 Å². The van der Waals surface area contributed by atoms with E-state index >= 15 is 0 Å². The van der Waals surface area contributed by atoms with Crippen LogP contribution in [-0.2, 0) is 31.9 Å². The second-order valence-corrected chi connectivity index (χ2v) is 8.64. The van der Waals surface area contributed by atoms with Crippen molar-refractivity contribution in [2.24, 2.45) is 5.92 Å². The molecule has 32 heavy (non-hydrogen) atoms. The van der Waals surface area contributed by atoms with Gasteiger partial charge in [0, 0.05) is 11.0 Å². The zero-order valence-corrected chi connectivity index (χ0v) is 19.3. The molecule has 0 aliphatic heterocycles. The van der Waals surface area contributed by atoms with Crippen LogP contribution in [0.15, 0.2) is 30.3 Å². The van der Waals surface area contributed by atoms with Crippen molar-refractivity contribution < 1.29 is 28.6 Å². The summed E-state index contributed by atoms with van der Waals surface area (Å²) in [5.74, 6) is -0.338. The predicted octanol–water partition coefficient (Wildman–Crippen LogP) is 4.25. The number of benzene rings is 1. The SMILES string of the molecule is CCOC(=O)c1c(NC(=O)COC(=O)/C=C/c2ccc(OC)cc2)sc2c1CC[C@@H](C)C2. The summed E-state index contributed by atoms with van der Waals surface area (Å²) in [7, 11) is 1.58. The standard InChI is InChI=1S/C24H27NO6S/c1-4-30-24(28)22-18-11-5-15(2)13-19(18)32-23(22)25-20(26)14-31-21(27)12-8-16-6-9-17(29-3)10-7-16/h6-10,12,15H,4-5,11,13-14H2,1-3H3,(H,25,26)/b12-8+/t15-/m1/s1. The largest absolute Gasteiger partial charge is 0.497 e. The maximum Gasteiger partial charge on any atom is 0.341 e.